The number of carboxylic acids is 2. The van der Waals surface area contributed by atoms with Gasteiger partial charge in [-0.1, -0.05) is 45.7 Å². The van der Waals surface area contributed by atoms with E-state index in [0.717, 1.165) is 32.1 Å². The Bertz CT molecular complexity index is 518. The third-order valence-electron chi connectivity index (χ3n) is 4.55. The molecule has 22 heavy (non-hydrogen) atoms. The van der Waals surface area contributed by atoms with E-state index in [2.05, 4.69) is 13.8 Å². The van der Waals surface area contributed by atoms with Crippen LogP contribution in [0.5, 0.6) is 0 Å². The molecular weight excluding hydrogens is 280 g/mol. The molecule has 1 aromatic rings. The van der Waals surface area contributed by atoms with Crippen molar-refractivity contribution in [3.8, 4) is 0 Å². The number of carboxylic acid groups (broad SMARTS) is 2. The van der Waals surface area contributed by atoms with E-state index in [9.17, 15) is 19.8 Å². The summed E-state index contributed by atoms with van der Waals surface area (Å²) in [7, 11) is 0. The Kier molecular flexibility index (Phi) is 7.09. The van der Waals surface area contributed by atoms with E-state index in [4.69, 9.17) is 0 Å². The second kappa shape index (κ2) is 8.57. The van der Waals surface area contributed by atoms with E-state index in [1.54, 1.807) is 12.1 Å². The molecule has 0 spiro atoms. The summed E-state index contributed by atoms with van der Waals surface area (Å²) in [5.74, 6) is -1.61. The average Bonchev–Trinajstić information content (AvgIpc) is 2.51. The van der Waals surface area contributed by atoms with Gasteiger partial charge in [0, 0.05) is 0 Å². The highest BCUT2D eigenvalue weighted by Crippen LogP contribution is 2.32. The van der Waals surface area contributed by atoms with Crippen molar-refractivity contribution >= 4 is 11.9 Å². The molecule has 0 bridgehead atoms. The van der Waals surface area contributed by atoms with Gasteiger partial charge < -0.3 is 10.2 Å². The van der Waals surface area contributed by atoms with Crippen molar-refractivity contribution in [3.63, 3.8) is 0 Å². The first-order valence-corrected chi connectivity index (χ1v) is 8.05. The van der Waals surface area contributed by atoms with Crippen molar-refractivity contribution < 1.29 is 19.8 Å². The van der Waals surface area contributed by atoms with Gasteiger partial charge in [0.2, 0.25) is 0 Å². The van der Waals surface area contributed by atoms with Crippen LogP contribution >= 0.6 is 0 Å². The first-order chi connectivity index (χ1) is 10.5. The van der Waals surface area contributed by atoms with Gasteiger partial charge in [-0.2, -0.15) is 0 Å². The summed E-state index contributed by atoms with van der Waals surface area (Å²) >= 11 is 0. The fraction of sp³-hybridized carbons (Fsp3) is 0.556. The van der Waals surface area contributed by atoms with Crippen LogP contribution in [0.4, 0.5) is 0 Å². The maximum atomic E-state index is 11.6. The lowest BCUT2D eigenvalue weighted by Gasteiger charge is -2.21. The van der Waals surface area contributed by atoms with E-state index in [0.29, 0.717) is 11.5 Å². The van der Waals surface area contributed by atoms with Crippen LogP contribution in [0, 0.1) is 5.92 Å². The lowest BCUT2D eigenvalue weighted by molar-refractivity contribution is 0.0650. The molecule has 0 heterocycles. The SMILES string of the molecule is CCC(CC)CCC(CC)c1cccc(C(=O)O)c1C(=O)O. The van der Waals surface area contributed by atoms with Gasteiger partial charge >= 0.3 is 11.9 Å². The number of rotatable bonds is 9. The van der Waals surface area contributed by atoms with Crippen molar-refractivity contribution in [2.24, 2.45) is 5.92 Å². The molecule has 4 heteroatoms. The van der Waals surface area contributed by atoms with E-state index in [1.165, 1.54) is 6.07 Å². The Labute approximate surface area is 132 Å². The highest BCUT2D eigenvalue weighted by molar-refractivity contribution is 6.02. The molecule has 1 unspecified atom stereocenters. The number of carbonyl (C=O) groups is 2. The molecule has 0 fully saturated rings. The zero-order valence-corrected chi connectivity index (χ0v) is 13.6. The van der Waals surface area contributed by atoms with Crippen molar-refractivity contribution in [2.75, 3.05) is 0 Å². The summed E-state index contributed by atoms with van der Waals surface area (Å²) in [6, 6.07) is 4.77. The Morgan fingerprint density at radius 3 is 2.05 bits per heavy atom. The molecule has 0 aliphatic heterocycles. The largest absolute Gasteiger partial charge is 0.478 e. The minimum Gasteiger partial charge on any atom is -0.478 e. The normalized spacial score (nSPS) is 12.4. The third-order valence-corrected chi connectivity index (χ3v) is 4.55. The highest BCUT2D eigenvalue weighted by Gasteiger charge is 2.24. The topological polar surface area (TPSA) is 74.6 Å². The quantitative estimate of drug-likeness (QED) is 0.687. The Balaban J connectivity index is 3.13. The van der Waals surface area contributed by atoms with E-state index in [1.807, 2.05) is 6.92 Å². The van der Waals surface area contributed by atoms with Gasteiger partial charge in [-0.05, 0) is 42.7 Å². The molecule has 1 aromatic carbocycles. The van der Waals surface area contributed by atoms with Crippen LogP contribution in [0.15, 0.2) is 18.2 Å². The van der Waals surface area contributed by atoms with Gasteiger partial charge in [-0.25, -0.2) is 9.59 Å². The first-order valence-electron chi connectivity index (χ1n) is 8.05. The first kappa shape index (κ1) is 18.2. The number of hydrogen-bond donors (Lipinski definition) is 2. The standard InChI is InChI=1S/C18H26O4/c1-4-12(5-2)10-11-13(6-3)14-8-7-9-15(17(19)20)16(14)18(21)22/h7-9,12-13H,4-6,10-11H2,1-3H3,(H,19,20)(H,21,22). The summed E-state index contributed by atoms with van der Waals surface area (Å²) in [5, 5.41) is 18.7. The molecule has 1 rings (SSSR count). The monoisotopic (exact) mass is 306 g/mol. The molecule has 0 aromatic heterocycles. The van der Waals surface area contributed by atoms with Crippen LogP contribution < -0.4 is 0 Å². The minimum atomic E-state index is -1.19. The Morgan fingerprint density at radius 2 is 1.59 bits per heavy atom. The van der Waals surface area contributed by atoms with Crippen molar-refractivity contribution in [3.05, 3.63) is 34.9 Å². The molecule has 0 aliphatic carbocycles. The van der Waals surface area contributed by atoms with E-state index in [-0.39, 0.29) is 17.0 Å². The lowest BCUT2D eigenvalue weighted by atomic mass is 9.83. The molecule has 0 saturated heterocycles. The lowest BCUT2D eigenvalue weighted by Crippen LogP contribution is -2.14. The molecular formula is C18H26O4. The van der Waals surface area contributed by atoms with Gasteiger partial charge in [0.05, 0.1) is 11.1 Å². The number of benzene rings is 1. The van der Waals surface area contributed by atoms with Crippen molar-refractivity contribution in [1.29, 1.82) is 0 Å². The average molecular weight is 306 g/mol. The van der Waals surface area contributed by atoms with E-state index >= 15 is 0 Å². The maximum Gasteiger partial charge on any atom is 0.336 e. The number of aromatic carboxylic acids is 2. The zero-order chi connectivity index (χ0) is 16.7. The van der Waals surface area contributed by atoms with Gasteiger partial charge in [0.25, 0.3) is 0 Å². The highest BCUT2D eigenvalue weighted by atomic mass is 16.4. The van der Waals surface area contributed by atoms with Crippen molar-refractivity contribution in [2.45, 2.75) is 58.8 Å². The fourth-order valence-electron chi connectivity index (χ4n) is 3.04. The molecule has 0 saturated carbocycles. The molecule has 0 radical (unpaired) electrons. The summed E-state index contributed by atoms with van der Waals surface area (Å²) in [6.07, 6.45) is 4.99. The number of hydrogen-bond acceptors (Lipinski definition) is 2. The minimum absolute atomic E-state index is 0.0496. The third kappa shape index (κ3) is 4.33. The van der Waals surface area contributed by atoms with Crippen LogP contribution in [0.25, 0.3) is 0 Å². The predicted molar refractivity (Wildman–Crippen MR) is 86.7 cm³/mol. The smallest absolute Gasteiger partial charge is 0.336 e. The van der Waals surface area contributed by atoms with E-state index < -0.39 is 11.9 Å². The molecule has 1 atom stereocenters. The Morgan fingerprint density at radius 1 is 0.955 bits per heavy atom. The Hall–Kier alpha value is -1.84. The van der Waals surface area contributed by atoms with Gasteiger partial charge in [0.15, 0.2) is 0 Å². The van der Waals surface area contributed by atoms with Gasteiger partial charge in [-0.3, -0.25) is 0 Å². The summed E-state index contributed by atoms with van der Waals surface area (Å²) < 4.78 is 0. The van der Waals surface area contributed by atoms with Crippen LogP contribution in [0.3, 0.4) is 0 Å². The summed E-state index contributed by atoms with van der Waals surface area (Å²) in [4.78, 5) is 22.8. The van der Waals surface area contributed by atoms with Crippen LogP contribution in [0.1, 0.15) is 85.1 Å². The predicted octanol–water partition coefficient (Wildman–Crippen LogP) is 4.79. The van der Waals surface area contributed by atoms with Crippen molar-refractivity contribution in [1.82, 2.24) is 0 Å². The molecule has 2 N–H and O–H groups in total. The summed E-state index contributed by atoms with van der Waals surface area (Å²) in [5.41, 5.74) is 0.484. The zero-order valence-electron chi connectivity index (χ0n) is 13.6. The fourth-order valence-corrected chi connectivity index (χ4v) is 3.04. The second-order valence-corrected chi connectivity index (χ2v) is 5.75. The molecule has 122 valence electrons. The van der Waals surface area contributed by atoms with Gasteiger partial charge in [0.1, 0.15) is 0 Å². The maximum absolute atomic E-state index is 11.6. The molecule has 4 nitrogen and oxygen atoms in total. The molecule has 0 amide bonds. The van der Waals surface area contributed by atoms with Crippen LogP contribution in [-0.4, -0.2) is 22.2 Å². The van der Waals surface area contributed by atoms with Crippen LogP contribution in [-0.2, 0) is 0 Å². The second-order valence-electron chi connectivity index (χ2n) is 5.75. The molecule has 0 aliphatic rings. The van der Waals surface area contributed by atoms with Gasteiger partial charge in [-0.15, -0.1) is 0 Å². The van der Waals surface area contributed by atoms with Crippen LogP contribution in [0.2, 0.25) is 0 Å². The summed E-state index contributed by atoms with van der Waals surface area (Å²) in [6.45, 7) is 6.36.